The van der Waals surface area contributed by atoms with Gasteiger partial charge in [0.05, 0.1) is 0 Å². The molecule has 0 amide bonds. The third kappa shape index (κ3) is 4.03. The molecule has 2 nitrogen and oxygen atoms in total. The van der Waals surface area contributed by atoms with Crippen LogP contribution >= 0.6 is 12.6 Å². The summed E-state index contributed by atoms with van der Waals surface area (Å²) in [6.45, 7) is 5.20. The van der Waals surface area contributed by atoms with E-state index in [1.807, 2.05) is 24.3 Å². The maximum Gasteiger partial charge on any atom is 0.0476 e. The number of hydrogen-bond acceptors (Lipinski definition) is 3. The maximum atomic E-state index is 4.36. The zero-order chi connectivity index (χ0) is 10.2. The summed E-state index contributed by atoms with van der Waals surface area (Å²) in [4.78, 5) is 1.00. The quantitative estimate of drug-likeness (QED) is 0.496. The molecule has 3 heteroatoms. The smallest absolute Gasteiger partial charge is 0.0476 e. The average Bonchev–Trinajstić information content (AvgIpc) is 2.20. The fourth-order valence-electron chi connectivity index (χ4n) is 1.21. The molecule has 0 radical (unpaired) electrons. The lowest BCUT2D eigenvalue weighted by molar-refractivity contribution is 0.687. The molecule has 0 unspecified atom stereocenters. The molecule has 78 valence electrons. The molecule has 1 rings (SSSR count). The van der Waals surface area contributed by atoms with Gasteiger partial charge in [-0.15, -0.1) is 12.6 Å². The summed E-state index contributed by atoms with van der Waals surface area (Å²) in [5.74, 6) is 0. The Morgan fingerprint density at radius 2 is 1.93 bits per heavy atom. The van der Waals surface area contributed by atoms with Crippen LogP contribution in [-0.2, 0) is 0 Å². The van der Waals surface area contributed by atoms with Crippen LogP contribution in [0.4, 0.5) is 5.69 Å². The van der Waals surface area contributed by atoms with Crippen molar-refractivity contribution in [2.45, 2.75) is 18.2 Å². The number of nitrogens with one attached hydrogen (secondary N) is 2. The minimum atomic E-state index is 0.942. The zero-order valence-electron chi connectivity index (χ0n) is 8.59. The Kier molecular flexibility index (Phi) is 5.49. The highest BCUT2D eigenvalue weighted by Gasteiger charge is 1.94. The second-order valence-corrected chi connectivity index (χ2v) is 3.68. The van der Waals surface area contributed by atoms with Gasteiger partial charge in [0, 0.05) is 23.7 Å². The first-order valence-corrected chi connectivity index (χ1v) is 5.52. The number of anilines is 1. The molecule has 0 spiro atoms. The first-order chi connectivity index (χ1) is 6.84. The van der Waals surface area contributed by atoms with Crippen LogP contribution in [0, 0.1) is 0 Å². The van der Waals surface area contributed by atoms with E-state index in [9.17, 15) is 0 Å². The van der Waals surface area contributed by atoms with E-state index in [-0.39, 0.29) is 0 Å². The third-order valence-corrected chi connectivity index (χ3v) is 2.34. The maximum absolute atomic E-state index is 4.36. The van der Waals surface area contributed by atoms with Gasteiger partial charge in [-0.1, -0.05) is 19.1 Å². The molecule has 0 aromatic heterocycles. The summed E-state index contributed by atoms with van der Waals surface area (Å²) in [6.07, 6.45) is 1.18. The molecule has 0 atom stereocenters. The molecular formula is C11H18N2S. The van der Waals surface area contributed by atoms with Gasteiger partial charge in [-0.05, 0) is 25.1 Å². The Bertz CT molecular complexity index is 263. The number of benzene rings is 1. The van der Waals surface area contributed by atoms with Gasteiger partial charge in [-0.2, -0.15) is 0 Å². The van der Waals surface area contributed by atoms with Crippen molar-refractivity contribution >= 4 is 18.3 Å². The van der Waals surface area contributed by atoms with Gasteiger partial charge in [0.2, 0.25) is 0 Å². The molecule has 0 aliphatic rings. The Morgan fingerprint density at radius 3 is 2.64 bits per heavy atom. The fraction of sp³-hybridized carbons (Fsp3) is 0.455. The van der Waals surface area contributed by atoms with Crippen LogP contribution in [0.15, 0.2) is 29.2 Å². The van der Waals surface area contributed by atoms with Crippen LogP contribution in [-0.4, -0.2) is 19.6 Å². The van der Waals surface area contributed by atoms with Crippen LogP contribution in [0.5, 0.6) is 0 Å². The van der Waals surface area contributed by atoms with Gasteiger partial charge < -0.3 is 10.6 Å². The van der Waals surface area contributed by atoms with Gasteiger partial charge in [-0.3, -0.25) is 0 Å². The monoisotopic (exact) mass is 210 g/mol. The van der Waals surface area contributed by atoms with Crippen LogP contribution in [0.25, 0.3) is 0 Å². The summed E-state index contributed by atoms with van der Waals surface area (Å²) in [5.41, 5.74) is 1.11. The normalized spacial score (nSPS) is 10.1. The summed E-state index contributed by atoms with van der Waals surface area (Å²) in [5, 5.41) is 6.67. The molecule has 2 N–H and O–H groups in total. The van der Waals surface area contributed by atoms with Gasteiger partial charge in [0.1, 0.15) is 0 Å². The van der Waals surface area contributed by atoms with Gasteiger partial charge >= 0.3 is 0 Å². The van der Waals surface area contributed by atoms with Crippen molar-refractivity contribution in [3.05, 3.63) is 24.3 Å². The number of hydrogen-bond donors (Lipinski definition) is 3. The Morgan fingerprint density at radius 1 is 1.14 bits per heavy atom. The van der Waals surface area contributed by atoms with Gasteiger partial charge in [0.25, 0.3) is 0 Å². The minimum absolute atomic E-state index is 0.942. The summed E-state index contributed by atoms with van der Waals surface area (Å²) in [6, 6.07) is 8.04. The van der Waals surface area contributed by atoms with Crippen molar-refractivity contribution in [1.82, 2.24) is 5.32 Å². The molecule has 0 fully saturated rings. The molecule has 0 aliphatic heterocycles. The minimum Gasteiger partial charge on any atom is -0.383 e. The van der Waals surface area contributed by atoms with Crippen LogP contribution in [0.3, 0.4) is 0 Å². The van der Waals surface area contributed by atoms with Crippen molar-refractivity contribution < 1.29 is 0 Å². The van der Waals surface area contributed by atoms with Crippen LogP contribution in [0.2, 0.25) is 0 Å². The molecule has 14 heavy (non-hydrogen) atoms. The fourth-order valence-corrected chi connectivity index (χ4v) is 1.45. The van der Waals surface area contributed by atoms with Crippen LogP contribution < -0.4 is 10.6 Å². The molecular weight excluding hydrogens is 192 g/mol. The van der Waals surface area contributed by atoms with Crippen LogP contribution in [0.1, 0.15) is 13.3 Å². The Balaban J connectivity index is 2.21. The average molecular weight is 210 g/mol. The summed E-state index contributed by atoms with van der Waals surface area (Å²) in [7, 11) is 0. The Labute approximate surface area is 91.5 Å². The van der Waals surface area contributed by atoms with Crippen molar-refractivity contribution in [2.24, 2.45) is 0 Å². The van der Waals surface area contributed by atoms with Crippen molar-refractivity contribution in [1.29, 1.82) is 0 Å². The molecule has 1 aromatic carbocycles. The number of para-hydroxylation sites is 1. The molecule has 0 aliphatic carbocycles. The third-order valence-electron chi connectivity index (χ3n) is 1.95. The van der Waals surface area contributed by atoms with Crippen molar-refractivity contribution in [3.63, 3.8) is 0 Å². The summed E-state index contributed by atoms with van der Waals surface area (Å²) < 4.78 is 0. The van der Waals surface area contributed by atoms with Crippen molar-refractivity contribution in [3.8, 4) is 0 Å². The van der Waals surface area contributed by atoms with E-state index in [4.69, 9.17) is 0 Å². The lowest BCUT2D eigenvalue weighted by Gasteiger charge is -2.08. The lowest BCUT2D eigenvalue weighted by atomic mass is 10.3. The first-order valence-electron chi connectivity index (χ1n) is 5.07. The van der Waals surface area contributed by atoms with E-state index in [0.29, 0.717) is 0 Å². The predicted molar refractivity (Wildman–Crippen MR) is 65.3 cm³/mol. The first kappa shape index (κ1) is 11.4. The van der Waals surface area contributed by atoms with E-state index in [0.717, 1.165) is 30.2 Å². The summed E-state index contributed by atoms with van der Waals surface area (Å²) >= 11 is 4.36. The second-order valence-electron chi connectivity index (χ2n) is 3.19. The number of rotatable bonds is 6. The van der Waals surface area contributed by atoms with E-state index >= 15 is 0 Å². The van der Waals surface area contributed by atoms with E-state index in [1.165, 1.54) is 6.42 Å². The molecule has 0 bridgehead atoms. The largest absolute Gasteiger partial charge is 0.383 e. The highest BCUT2D eigenvalue weighted by Crippen LogP contribution is 2.17. The van der Waals surface area contributed by atoms with Crippen molar-refractivity contribution in [2.75, 3.05) is 25.0 Å². The topological polar surface area (TPSA) is 24.1 Å². The Hall–Kier alpha value is -0.670. The van der Waals surface area contributed by atoms with E-state index < -0.39 is 0 Å². The van der Waals surface area contributed by atoms with Gasteiger partial charge in [-0.25, -0.2) is 0 Å². The predicted octanol–water partition coefficient (Wildman–Crippen LogP) is 2.39. The molecule has 0 saturated heterocycles. The lowest BCUT2D eigenvalue weighted by Crippen LogP contribution is -2.22. The number of thiol groups is 1. The molecule has 0 heterocycles. The second kappa shape index (κ2) is 6.74. The zero-order valence-corrected chi connectivity index (χ0v) is 9.48. The van der Waals surface area contributed by atoms with E-state index in [1.54, 1.807) is 0 Å². The highest BCUT2D eigenvalue weighted by molar-refractivity contribution is 7.80. The van der Waals surface area contributed by atoms with Gasteiger partial charge in [0.15, 0.2) is 0 Å². The highest BCUT2D eigenvalue weighted by atomic mass is 32.1. The molecule has 1 aromatic rings. The van der Waals surface area contributed by atoms with E-state index in [2.05, 4.69) is 30.2 Å². The molecule has 0 saturated carbocycles. The standard InChI is InChI=1S/C11H18N2S/c1-2-7-12-8-9-13-10-5-3-4-6-11(10)14/h3-6,12-14H,2,7-9H2,1H3. The SMILES string of the molecule is CCCNCCNc1ccccc1S.